The van der Waals surface area contributed by atoms with Crippen LogP contribution in [0.3, 0.4) is 0 Å². The summed E-state index contributed by atoms with van der Waals surface area (Å²) in [4.78, 5) is 12.4. The molecule has 2 rings (SSSR count). The van der Waals surface area contributed by atoms with Crippen LogP contribution in [0.25, 0.3) is 0 Å². The lowest BCUT2D eigenvalue weighted by Gasteiger charge is -2.31. The minimum absolute atomic E-state index is 0.154. The first-order valence-corrected chi connectivity index (χ1v) is 7.15. The van der Waals surface area contributed by atoms with Crippen LogP contribution >= 0.6 is 0 Å². The Bertz CT molecular complexity index is 504. The number of benzene rings is 1. The molecule has 0 radical (unpaired) electrons. The van der Waals surface area contributed by atoms with Gasteiger partial charge in [0.25, 0.3) is 0 Å². The van der Waals surface area contributed by atoms with Crippen molar-refractivity contribution in [2.24, 2.45) is 5.41 Å². The number of aliphatic hydroxyl groups is 1. The molecule has 0 saturated carbocycles. The summed E-state index contributed by atoms with van der Waals surface area (Å²) in [6, 6.07) is 11.4. The lowest BCUT2D eigenvalue weighted by atomic mass is 9.80. The number of nitrogens with one attached hydrogen (secondary N) is 1. The highest BCUT2D eigenvalue weighted by atomic mass is 16.5. The molecular weight excluding hydrogens is 268 g/mol. The molecule has 1 amide bonds. The smallest absolute Gasteiger partial charge is 0.240 e. The number of nitriles is 1. The second kappa shape index (κ2) is 7.21. The van der Waals surface area contributed by atoms with Gasteiger partial charge >= 0.3 is 0 Å². The van der Waals surface area contributed by atoms with Crippen molar-refractivity contribution >= 4 is 5.91 Å². The van der Waals surface area contributed by atoms with E-state index < -0.39 is 5.41 Å². The summed E-state index contributed by atoms with van der Waals surface area (Å²) in [6.45, 7) is 0.686. The van der Waals surface area contributed by atoms with Gasteiger partial charge in [-0.15, -0.1) is 0 Å². The predicted molar refractivity (Wildman–Crippen MR) is 77.3 cm³/mol. The summed E-state index contributed by atoms with van der Waals surface area (Å²) in [7, 11) is 0. The average Bonchev–Trinajstić information content (AvgIpc) is 2.55. The fourth-order valence-corrected chi connectivity index (χ4v) is 2.49. The van der Waals surface area contributed by atoms with E-state index in [9.17, 15) is 15.2 Å². The Morgan fingerprint density at radius 2 is 2.05 bits per heavy atom. The van der Waals surface area contributed by atoms with Crippen molar-refractivity contribution in [2.45, 2.75) is 25.3 Å². The van der Waals surface area contributed by atoms with E-state index in [0.29, 0.717) is 32.5 Å². The predicted octanol–water partition coefficient (Wildman–Crippen LogP) is 1.03. The standard InChI is InChI=1S/C16H20N2O3/c17-12-16(6-8-21-9-7-16)15(20)18-14(11-19)10-13-4-2-1-3-5-13/h1-5,14,19H,6-11H2,(H,18,20). The molecule has 5 heteroatoms. The summed E-state index contributed by atoms with van der Waals surface area (Å²) in [5, 5.41) is 21.6. The Morgan fingerprint density at radius 3 is 2.62 bits per heavy atom. The summed E-state index contributed by atoms with van der Waals surface area (Å²) in [6.07, 6.45) is 1.35. The van der Waals surface area contributed by atoms with Crippen LogP contribution in [-0.2, 0) is 16.0 Å². The molecular formula is C16H20N2O3. The van der Waals surface area contributed by atoms with Crippen LogP contribution in [0.5, 0.6) is 0 Å². The number of rotatable bonds is 5. The summed E-state index contributed by atoms with van der Waals surface area (Å²) in [5.74, 6) is -0.303. The van der Waals surface area contributed by atoms with Crippen LogP contribution in [0, 0.1) is 16.7 Å². The van der Waals surface area contributed by atoms with Crippen LogP contribution in [0.2, 0.25) is 0 Å². The Kier molecular flexibility index (Phi) is 5.32. The molecule has 0 aliphatic carbocycles. The van der Waals surface area contributed by atoms with Gasteiger partial charge in [-0.1, -0.05) is 30.3 Å². The van der Waals surface area contributed by atoms with Crippen LogP contribution < -0.4 is 5.32 Å². The van der Waals surface area contributed by atoms with E-state index in [4.69, 9.17) is 4.74 Å². The van der Waals surface area contributed by atoms with Gasteiger partial charge in [0.05, 0.1) is 18.7 Å². The molecule has 1 aliphatic heterocycles. The number of amides is 1. The fourth-order valence-electron chi connectivity index (χ4n) is 2.49. The molecule has 1 aliphatic rings. The maximum Gasteiger partial charge on any atom is 0.240 e. The molecule has 21 heavy (non-hydrogen) atoms. The quantitative estimate of drug-likeness (QED) is 0.847. The maximum absolute atomic E-state index is 12.4. The third kappa shape index (κ3) is 3.81. The Balaban J connectivity index is 2.00. The number of aliphatic hydroxyl groups excluding tert-OH is 1. The van der Waals surface area contributed by atoms with Crippen molar-refractivity contribution in [1.82, 2.24) is 5.32 Å². The zero-order chi connectivity index (χ0) is 15.1. The second-order valence-electron chi connectivity index (χ2n) is 5.35. The van der Waals surface area contributed by atoms with E-state index in [-0.39, 0.29) is 18.6 Å². The average molecular weight is 288 g/mol. The number of hydrogen-bond donors (Lipinski definition) is 2. The fraction of sp³-hybridized carbons (Fsp3) is 0.500. The first-order chi connectivity index (χ1) is 10.2. The topological polar surface area (TPSA) is 82.4 Å². The molecule has 1 heterocycles. The summed E-state index contributed by atoms with van der Waals surface area (Å²) in [5.41, 5.74) is 0.0114. The molecule has 1 aromatic rings. The zero-order valence-electron chi connectivity index (χ0n) is 11.9. The van der Waals surface area contributed by atoms with E-state index in [2.05, 4.69) is 11.4 Å². The number of carbonyl (C=O) groups excluding carboxylic acids is 1. The van der Waals surface area contributed by atoms with E-state index in [1.807, 2.05) is 30.3 Å². The van der Waals surface area contributed by atoms with Crippen molar-refractivity contribution in [1.29, 1.82) is 5.26 Å². The Labute approximate surface area is 124 Å². The van der Waals surface area contributed by atoms with E-state index in [1.54, 1.807) is 0 Å². The van der Waals surface area contributed by atoms with Gasteiger partial charge in [0.2, 0.25) is 5.91 Å². The van der Waals surface area contributed by atoms with Gasteiger partial charge < -0.3 is 15.2 Å². The summed E-state index contributed by atoms with van der Waals surface area (Å²) < 4.78 is 5.22. The highest BCUT2D eigenvalue weighted by Gasteiger charge is 2.41. The van der Waals surface area contributed by atoms with Gasteiger partial charge in [0.1, 0.15) is 5.41 Å². The third-order valence-electron chi connectivity index (χ3n) is 3.88. The molecule has 2 N–H and O–H groups in total. The molecule has 1 atom stereocenters. The first-order valence-electron chi connectivity index (χ1n) is 7.15. The summed E-state index contributed by atoms with van der Waals surface area (Å²) >= 11 is 0. The highest BCUT2D eigenvalue weighted by molar-refractivity contribution is 5.85. The molecule has 1 saturated heterocycles. The van der Waals surface area contributed by atoms with Crippen LogP contribution in [-0.4, -0.2) is 36.9 Å². The van der Waals surface area contributed by atoms with Gasteiger partial charge in [-0.2, -0.15) is 5.26 Å². The molecule has 1 aromatic carbocycles. The van der Waals surface area contributed by atoms with Gasteiger partial charge in [0, 0.05) is 13.2 Å². The molecule has 0 aromatic heterocycles. The van der Waals surface area contributed by atoms with Crippen LogP contribution in [0.4, 0.5) is 0 Å². The lowest BCUT2D eigenvalue weighted by Crippen LogP contribution is -2.49. The van der Waals surface area contributed by atoms with Crippen molar-refractivity contribution < 1.29 is 14.6 Å². The zero-order valence-corrected chi connectivity index (χ0v) is 11.9. The molecule has 1 unspecified atom stereocenters. The SMILES string of the molecule is N#CC1(C(=O)NC(CO)Cc2ccccc2)CCOCC1. The monoisotopic (exact) mass is 288 g/mol. The van der Waals surface area contributed by atoms with Gasteiger partial charge in [0.15, 0.2) is 0 Å². The number of ether oxygens (including phenoxy) is 1. The maximum atomic E-state index is 12.4. The van der Waals surface area contributed by atoms with Gasteiger partial charge in [-0.05, 0) is 24.8 Å². The van der Waals surface area contributed by atoms with E-state index >= 15 is 0 Å². The van der Waals surface area contributed by atoms with Crippen LogP contribution in [0.1, 0.15) is 18.4 Å². The van der Waals surface area contributed by atoms with Gasteiger partial charge in [-0.25, -0.2) is 0 Å². The van der Waals surface area contributed by atoms with Crippen molar-refractivity contribution in [3.63, 3.8) is 0 Å². The van der Waals surface area contributed by atoms with Gasteiger partial charge in [-0.3, -0.25) is 4.79 Å². The van der Waals surface area contributed by atoms with Crippen molar-refractivity contribution in [2.75, 3.05) is 19.8 Å². The minimum Gasteiger partial charge on any atom is -0.394 e. The molecule has 112 valence electrons. The minimum atomic E-state index is -1.03. The Hall–Kier alpha value is -1.90. The highest BCUT2D eigenvalue weighted by Crippen LogP contribution is 2.30. The number of hydrogen-bond acceptors (Lipinski definition) is 4. The number of nitrogens with zero attached hydrogens (tertiary/aromatic N) is 1. The van der Waals surface area contributed by atoms with Crippen molar-refractivity contribution in [3.8, 4) is 6.07 Å². The number of carbonyl (C=O) groups is 1. The Morgan fingerprint density at radius 1 is 1.38 bits per heavy atom. The molecule has 0 bridgehead atoms. The van der Waals surface area contributed by atoms with Crippen molar-refractivity contribution in [3.05, 3.63) is 35.9 Å². The first kappa shape index (κ1) is 15.5. The van der Waals surface area contributed by atoms with E-state index in [0.717, 1.165) is 5.56 Å². The molecule has 5 nitrogen and oxygen atoms in total. The van der Waals surface area contributed by atoms with Crippen LogP contribution in [0.15, 0.2) is 30.3 Å². The molecule has 1 fully saturated rings. The third-order valence-corrected chi connectivity index (χ3v) is 3.88. The molecule has 0 spiro atoms. The van der Waals surface area contributed by atoms with E-state index in [1.165, 1.54) is 0 Å². The largest absolute Gasteiger partial charge is 0.394 e. The second-order valence-corrected chi connectivity index (χ2v) is 5.35. The lowest BCUT2D eigenvalue weighted by molar-refractivity contribution is -0.133. The normalized spacial score (nSPS) is 18.5.